The van der Waals surface area contributed by atoms with E-state index in [4.69, 9.17) is 0 Å². The summed E-state index contributed by atoms with van der Waals surface area (Å²) in [5, 5.41) is 9.20. The van der Waals surface area contributed by atoms with Crippen LogP contribution in [-0.4, -0.2) is 19.6 Å². The van der Waals surface area contributed by atoms with Gasteiger partial charge in [0.25, 0.3) is 0 Å². The third-order valence-electron chi connectivity index (χ3n) is 3.69. The van der Waals surface area contributed by atoms with E-state index in [0.717, 1.165) is 27.8 Å². The summed E-state index contributed by atoms with van der Waals surface area (Å²) >= 11 is 0. The van der Waals surface area contributed by atoms with Crippen molar-refractivity contribution in [3.05, 3.63) is 66.7 Å². The van der Waals surface area contributed by atoms with E-state index in [2.05, 4.69) is 16.4 Å². The lowest BCUT2D eigenvalue weighted by atomic mass is 10.1. The average Bonchev–Trinajstić information content (AvgIpc) is 3.14. The summed E-state index contributed by atoms with van der Waals surface area (Å²) in [6.07, 6.45) is 3.87. The largest absolute Gasteiger partial charge is 0.317 e. The normalized spacial score (nSPS) is 11.2. The number of benzene rings is 2. The number of aryl methyl sites for hydroxylation is 1. The van der Waals surface area contributed by atoms with Gasteiger partial charge in [-0.25, -0.2) is 4.39 Å². The van der Waals surface area contributed by atoms with Crippen LogP contribution in [0.2, 0.25) is 0 Å². The summed E-state index contributed by atoms with van der Waals surface area (Å²) < 4.78 is 16.8. The lowest BCUT2D eigenvalue weighted by Gasteiger charge is -2.06. The summed E-state index contributed by atoms with van der Waals surface area (Å²) in [4.78, 5) is 0. The molecule has 0 atom stereocenters. The molecular formula is C17H13FN4. The summed E-state index contributed by atoms with van der Waals surface area (Å²) in [6, 6.07) is 14.7. The Bertz CT molecular complexity index is 950. The van der Waals surface area contributed by atoms with Gasteiger partial charge in [-0.2, -0.15) is 0 Å². The minimum atomic E-state index is -0.231. The Morgan fingerprint density at radius 3 is 2.55 bits per heavy atom. The van der Waals surface area contributed by atoms with E-state index in [1.165, 1.54) is 12.1 Å². The van der Waals surface area contributed by atoms with Gasteiger partial charge in [-0.15, -0.1) is 5.10 Å². The molecule has 0 bridgehead atoms. The van der Waals surface area contributed by atoms with Gasteiger partial charge in [0, 0.05) is 29.9 Å². The number of hydrogen-bond donors (Lipinski definition) is 0. The highest BCUT2D eigenvalue weighted by atomic mass is 19.1. The van der Waals surface area contributed by atoms with Crippen molar-refractivity contribution in [2.75, 3.05) is 0 Å². The first-order valence-corrected chi connectivity index (χ1v) is 6.94. The van der Waals surface area contributed by atoms with Crippen LogP contribution in [0.3, 0.4) is 0 Å². The highest BCUT2D eigenvalue weighted by molar-refractivity contribution is 5.86. The summed E-state index contributed by atoms with van der Waals surface area (Å²) in [5.41, 5.74) is 3.87. The highest BCUT2D eigenvalue weighted by Crippen LogP contribution is 2.25. The molecule has 22 heavy (non-hydrogen) atoms. The number of fused-ring (bicyclic) bond motifs is 1. The van der Waals surface area contributed by atoms with Gasteiger partial charge in [0.2, 0.25) is 0 Å². The van der Waals surface area contributed by atoms with Crippen LogP contribution < -0.4 is 0 Å². The van der Waals surface area contributed by atoms with E-state index < -0.39 is 0 Å². The van der Waals surface area contributed by atoms with Crippen molar-refractivity contribution in [2.24, 2.45) is 7.05 Å². The van der Waals surface area contributed by atoms with E-state index in [-0.39, 0.29) is 5.82 Å². The molecule has 0 aliphatic carbocycles. The van der Waals surface area contributed by atoms with Crippen LogP contribution in [0, 0.1) is 5.82 Å². The van der Waals surface area contributed by atoms with Gasteiger partial charge >= 0.3 is 0 Å². The minimum Gasteiger partial charge on any atom is -0.317 e. The average molecular weight is 292 g/mol. The number of halogens is 1. The maximum Gasteiger partial charge on any atom is 0.123 e. The second-order valence-corrected chi connectivity index (χ2v) is 5.21. The minimum absolute atomic E-state index is 0.231. The topological polar surface area (TPSA) is 35.6 Å². The van der Waals surface area contributed by atoms with Gasteiger partial charge in [-0.1, -0.05) is 11.3 Å². The fourth-order valence-electron chi connectivity index (χ4n) is 2.61. The summed E-state index contributed by atoms with van der Waals surface area (Å²) in [6.45, 7) is 0. The van der Waals surface area contributed by atoms with Gasteiger partial charge < -0.3 is 4.57 Å². The highest BCUT2D eigenvalue weighted by Gasteiger charge is 2.07. The maximum atomic E-state index is 13.1. The molecular weight excluding hydrogens is 279 g/mol. The molecule has 0 saturated heterocycles. The third kappa shape index (κ3) is 2.07. The quantitative estimate of drug-likeness (QED) is 0.566. The summed E-state index contributed by atoms with van der Waals surface area (Å²) in [5.74, 6) is -0.231. The second-order valence-electron chi connectivity index (χ2n) is 5.21. The van der Waals surface area contributed by atoms with Gasteiger partial charge in [-0.3, -0.25) is 4.68 Å². The maximum absolute atomic E-state index is 13.1. The zero-order valence-electron chi connectivity index (χ0n) is 11.9. The fourth-order valence-corrected chi connectivity index (χ4v) is 2.61. The van der Waals surface area contributed by atoms with Crippen LogP contribution in [0.15, 0.2) is 60.9 Å². The molecule has 0 amide bonds. The first-order chi connectivity index (χ1) is 10.7. The number of rotatable bonds is 2. The molecule has 0 saturated carbocycles. The standard InChI is InChI=1S/C17H13FN4/c1-21-11-16(19-20-21)12-2-7-17-13(10-12)8-9-22(17)15-5-3-14(18)4-6-15/h2-11H,1H3. The molecule has 0 aliphatic heterocycles. The Labute approximate surface area is 126 Å². The van der Waals surface area contributed by atoms with Crippen LogP contribution in [0.1, 0.15) is 0 Å². The molecule has 0 spiro atoms. The molecule has 0 fully saturated rings. The van der Waals surface area contributed by atoms with E-state index in [1.54, 1.807) is 16.8 Å². The molecule has 0 radical (unpaired) electrons. The smallest absolute Gasteiger partial charge is 0.123 e. The van der Waals surface area contributed by atoms with Gasteiger partial charge in [-0.05, 0) is 42.5 Å². The zero-order chi connectivity index (χ0) is 15.1. The SMILES string of the molecule is Cn1cc(-c2ccc3c(ccn3-c3ccc(F)cc3)c2)nn1. The Hall–Kier alpha value is -2.95. The third-order valence-corrected chi connectivity index (χ3v) is 3.69. The van der Waals surface area contributed by atoms with Crippen LogP contribution >= 0.6 is 0 Å². The van der Waals surface area contributed by atoms with Crippen molar-refractivity contribution >= 4 is 10.9 Å². The van der Waals surface area contributed by atoms with Crippen molar-refractivity contribution < 1.29 is 4.39 Å². The monoisotopic (exact) mass is 292 g/mol. The molecule has 0 N–H and O–H groups in total. The van der Waals surface area contributed by atoms with Gasteiger partial charge in [0.15, 0.2) is 0 Å². The van der Waals surface area contributed by atoms with E-state index in [1.807, 2.05) is 42.2 Å². The zero-order valence-corrected chi connectivity index (χ0v) is 11.9. The van der Waals surface area contributed by atoms with Crippen molar-refractivity contribution in [1.82, 2.24) is 19.6 Å². The molecule has 2 aromatic carbocycles. The molecule has 2 aromatic heterocycles. The molecule has 4 nitrogen and oxygen atoms in total. The van der Waals surface area contributed by atoms with Gasteiger partial charge in [0.05, 0.1) is 11.7 Å². The number of nitrogens with zero attached hydrogens (tertiary/aromatic N) is 4. The predicted octanol–water partition coefficient (Wildman–Crippen LogP) is 3.57. The molecule has 2 heterocycles. The lowest BCUT2D eigenvalue weighted by molar-refractivity contribution is 0.627. The second kappa shape index (κ2) is 4.80. The molecule has 5 heteroatoms. The first kappa shape index (κ1) is 12.8. The van der Waals surface area contributed by atoms with E-state index >= 15 is 0 Å². The van der Waals surface area contributed by atoms with Crippen LogP contribution in [0.4, 0.5) is 4.39 Å². The van der Waals surface area contributed by atoms with Crippen LogP contribution in [-0.2, 0) is 7.05 Å². The van der Waals surface area contributed by atoms with Crippen molar-refractivity contribution in [2.45, 2.75) is 0 Å². The predicted molar refractivity (Wildman–Crippen MR) is 83.2 cm³/mol. The lowest BCUT2D eigenvalue weighted by Crippen LogP contribution is -1.91. The number of aromatic nitrogens is 4. The molecule has 0 aliphatic rings. The van der Waals surface area contributed by atoms with E-state index in [9.17, 15) is 4.39 Å². The fraction of sp³-hybridized carbons (Fsp3) is 0.0588. The van der Waals surface area contributed by atoms with Crippen LogP contribution in [0.5, 0.6) is 0 Å². The van der Waals surface area contributed by atoms with E-state index in [0.29, 0.717) is 0 Å². The van der Waals surface area contributed by atoms with Crippen LogP contribution in [0.25, 0.3) is 27.8 Å². The Morgan fingerprint density at radius 2 is 1.82 bits per heavy atom. The van der Waals surface area contributed by atoms with Crippen molar-refractivity contribution in [3.8, 4) is 16.9 Å². The van der Waals surface area contributed by atoms with Crippen molar-refractivity contribution in [3.63, 3.8) is 0 Å². The molecule has 0 unspecified atom stereocenters. The summed E-state index contributed by atoms with van der Waals surface area (Å²) in [7, 11) is 1.85. The Kier molecular flexibility index (Phi) is 2.79. The van der Waals surface area contributed by atoms with Gasteiger partial charge in [0.1, 0.15) is 11.5 Å². The molecule has 4 rings (SSSR count). The Morgan fingerprint density at radius 1 is 1.00 bits per heavy atom. The number of hydrogen-bond acceptors (Lipinski definition) is 2. The molecule has 4 aromatic rings. The van der Waals surface area contributed by atoms with Crippen molar-refractivity contribution in [1.29, 1.82) is 0 Å². The molecule has 108 valence electrons. The Balaban J connectivity index is 1.82. The first-order valence-electron chi connectivity index (χ1n) is 6.94.